The Morgan fingerprint density at radius 2 is 2.10 bits per heavy atom. The lowest BCUT2D eigenvalue weighted by Gasteiger charge is -1.97. The summed E-state index contributed by atoms with van der Waals surface area (Å²) in [6.45, 7) is 0. The van der Waals surface area contributed by atoms with Crippen LogP contribution < -0.4 is 0 Å². The third-order valence-electron chi connectivity index (χ3n) is 3.04. The van der Waals surface area contributed by atoms with Crippen LogP contribution in [0.5, 0.6) is 0 Å². The van der Waals surface area contributed by atoms with E-state index in [4.69, 9.17) is 23.2 Å². The molecule has 0 aliphatic rings. The van der Waals surface area contributed by atoms with Gasteiger partial charge in [0, 0.05) is 34.7 Å². The first-order chi connectivity index (χ1) is 9.63. The van der Waals surface area contributed by atoms with Crippen molar-refractivity contribution in [1.82, 2.24) is 9.97 Å². The van der Waals surface area contributed by atoms with Gasteiger partial charge in [-0.1, -0.05) is 29.3 Å². The molecular formula is C15H10Cl2N2O. The third-order valence-corrected chi connectivity index (χ3v) is 3.57. The van der Waals surface area contributed by atoms with E-state index in [1.54, 1.807) is 30.6 Å². The Hall–Kier alpha value is -1.84. The minimum Gasteiger partial charge on any atom is -0.352 e. The second-order valence-electron chi connectivity index (χ2n) is 4.49. The van der Waals surface area contributed by atoms with Crippen LogP contribution in [0.3, 0.4) is 0 Å². The van der Waals surface area contributed by atoms with Gasteiger partial charge >= 0.3 is 0 Å². The van der Waals surface area contributed by atoms with Crippen LogP contribution in [0, 0.1) is 0 Å². The van der Waals surface area contributed by atoms with E-state index in [0.717, 1.165) is 16.5 Å². The molecule has 0 radical (unpaired) electrons. The van der Waals surface area contributed by atoms with Gasteiger partial charge in [-0.05, 0) is 29.8 Å². The van der Waals surface area contributed by atoms with E-state index in [1.165, 1.54) is 0 Å². The molecule has 100 valence electrons. The van der Waals surface area contributed by atoms with Gasteiger partial charge in [-0.2, -0.15) is 0 Å². The number of nitrogens with one attached hydrogen (secondary N) is 1. The fourth-order valence-electron chi connectivity index (χ4n) is 2.09. The van der Waals surface area contributed by atoms with Gasteiger partial charge in [0.15, 0.2) is 5.78 Å². The number of aromatic nitrogens is 2. The Balaban J connectivity index is 1.94. The normalized spacial score (nSPS) is 10.9. The van der Waals surface area contributed by atoms with Crippen molar-refractivity contribution in [1.29, 1.82) is 0 Å². The highest BCUT2D eigenvalue weighted by atomic mass is 35.5. The van der Waals surface area contributed by atoms with Crippen molar-refractivity contribution in [3.8, 4) is 0 Å². The molecule has 0 unspecified atom stereocenters. The lowest BCUT2D eigenvalue weighted by molar-refractivity contribution is 0.0989. The van der Waals surface area contributed by atoms with E-state index in [-0.39, 0.29) is 5.78 Å². The number of pyridine rings is 1. The average Bonchev–Trinajstić information content (AvgIpc) is 2.84. The Bertz CT molecular complexity index is 781. The second-order valence-corrected chi connectivity index (χ2v) is 5.34. The number of carbonyl (C=O) groups excluding carboxylic acids is 1. The first-order valence-corrected chi connectivity index (χ1v) is 6.79. The summed E-state index contributed by atoms with van der Waals surface area (Å²) in [5.74, 6) is -0.0126. The molecule has 2 heterocycles. The molecule has 5 heteroatoms. The number of hydrogen-bond acceptors (Lipinski definition) is 2. The average molecular weight is 305 g/mol. The zero-order valence-corrected chi connectivity index (χ0v) is 11.9. The van der Waals surface area contributed by atoms with Gasteiger partial charge in [-0.15, -0.1) is 0 Å². The van der Waals surface area contributed by atoms with E-state index in [9.17, 15) is 4.79 Å². The van der Waals surface area contributed by atoms with Gasteiger partial charge in [-0.25, -0.2) is 0 Å². The summed E-state index contributed by atoms with van der Waals surface area (Å²) in [7, 11) is 0. The number of halogens is 2. The molecular weight excluding hydrogens is 295 g/mol. The number of carbonyl (C=O) groups is 1. The van der Waals surface area contributed by atoms with E-state index >= 15 is 0 Å². The predicted molar refractivity (Wildman–Crippen MR) is 80.6 cm³/mol. The number of fused-ring (bicyclic) bond motifs is 1. The standard InChI is InChI=1S/C15H10Cl2N2O/c16-10-5-12(17)11-7-14(19-13(11)6-10)15(20)4-9-2-1-3-18-8-9/h1-3,5-8,19H,4H2. The molecule has 0 spiro atoms. The second kappa shape index (κ2) is 5.27. The van der Waals surface area contributed by atoms with Crippen molar-refractivity contribution in [2.24, 2.45) is 0 Å². The van der Waals surface area contributed by atoms with Gasteiger partial charge in [0.1, 0.15) is 0 Å². The van der Waals surface area contributed by atoms with Crippen LogP contribution in [0.4, 0.5) is 0 Å². The largest absolute Gasteiger partial charge is 0.352 e. The summed E-state index contributed by atoms with van der Waals surface area (Å²) in [4.78, 5) is 19.3. The molecule has 1 aromatic carbocycles. The molecule has 1 N–H and O–H groups in total. The van der Waals surface area contributed by atoms with Gasteiger partial charge in [0.05, 0.1) is 10.7 Å². The summed E-state index contributed by atoms with van der Waals surface area (Å²) in [6, 6.07) is 8.85. The number of aromatic amines is 1. The molecule has 0 atom stereocenters. The van der Waals surface area contributed by atoms with Crippen molar-refractivity contribution in [3.63, 3.8) is 0 Å². The quantitative estimate of drug-likeness (QED) is 0.733. The third kappa shape index (κ3) is 2.55. The maximum absolute atomic E-state index is 12.2. The van der Waals surface area contributed by atoms with Crippen LogP contribution in [0.15, 0.2) is 42.7 Å². The van der Waals surface area contributed by atoms with Gasteiger partial charge in [-0.3, -0.25) is 9.78 Å². The molecule has 0 aliphatic carbocycles. The number of Topliss-reactive ketones (excluding diaryl/α,β-unsaturated/α-hetero) is 1. The zero-order valence-electron chi connectivity index (χ0n) is 10.4. The number of rotatable bonds is 3. The summed E-state index contributed by atoms with van der Waals surface area (Å²) >= 11 is 12.1. The minimum absolute atomic E-state index is 0.0126. The van der Waals surface area contributed by atoms with Crippen molar-refractivity contribution in [3.05, 3.63) is 64.0 Å². The molecule has 0 fully saturated rings. The lowest BCUT2D eigenvalue weighted by atomic mass is 10.1. The number of benzene rings is 1. The van der Waals surface area contributed by atoms with Crippen molar-refractivity contribution in [2.45, 2.75) is 6.42 Å². The molecule has 3 rings (SSSR count). The van der Waals surface area contributed by atoms with Crippen LogP contribution in [0.1, 0.15) is 16.1 Å². The number of H-pyrrole nitrogens is 1. The van der Waals surface area contributed by atoms with Gasteiger partial charge < -0.3 is 4.98 Å². The first-order valence-electron chi connectivity index (χ1n) is 6.03. The van der Waals surface area contributed by atoms with Gasteiger partial charge in [0.2, 0.25) is 0 Å². The van der Waals surface area contributed by atoms with Crippen LogP contribution in [0.2, 0.25) is 10.0 Å². The van der Waals surface area contributed by atoms with E-state index < -0.39 is 0 Å². The Morgan fingerprint density at radius 3 is 2.85 bits per heavy atom. The SMILES string of the molecule is O=C(Cc1cccnc1)c1cc2c(Cl)cc(Cl)cc2[nH]1. The Kier molecular flexibility index (Phi) is 3.47. The van der Waals surface area contributed by atoms with Crippen LogP contribution in [-0.2, 0) is 6.42 Å². The fraction of sp³-hybridized carbons (Fsp3) is 0.0667. The van der Waals surface area contributed by atoms with Crippen molar-refractivity contribution < 1.29 is 4.79 Å². The van der Waals surface area contributed by atoms with Crippen molar-refractivity contribution >= 4 is 39.9 Å². The van der Waals surface area contributed by atoms with Crippen LogP contribution in [0.25, 0.3) is 10.9 Å². The van der Waals surface area contributed by atoms with E-state index in [1.807, 2.05) is 12.1 Å². The maximum Gasteiger partial charge on any atom is 0.183 e. The summed E-state index contributed by atoms with van der Waals surface area (Å²) in [6.07, 6.45) is 3.66. The van der Waals surface area contributed by atoms with E-state index in [0.29, 0.717) is 22.2 Å². The number of ketones is 1. The molecule has 0 saturated heterocycles. The molecule has 0 bridgehead atoms. The topological polar surface area (TPSA) is 45.8 Å². The summed E-state index contributed by atoms with van der Waals surface area (Å²) in [5, 5.41) is 1.87. The number of nitrogens with zero attached hydrogens (tertiary/aromatic N) is 1. The number of hydrogen-bond donors (Lipinski definition) is 1. The van der Waals surface area contributed by atoms with E-state index in [2.05, 4.69) is 9.97 Å². The summed E-state index contributed by atoms with van der Waals surface area (Å²) < 4.78 is 0. The highest BCUT2D eigenvalue weighted by Gasteiger charge is 2.12. The van der Waals surface area contributed by atoms with Crippen LogP contribution in [-0.4, -0.2) is 15.8 Å². The predicted octanol–water partition coefficient (Wildman–Crippen LogP) is 4.30. The summed E-state index contributed by atoms with van der Waals surface area (Å²) in [5.41, 5.74) is 2.16. The first kappa shape index (κ1) is 13.2. The fourth-order valence-corrected chi connectivity index (χ4v) is 2.64. The monoisotopic (exact) mass is 304 g/mol. The zero-order chi connectivity index (χ0) is 14.1. The molecule has 0 aliphatic heterocycles. The Morgan fingerprint density at radius 1 is 1.25 bits per heavy atom. The smallest absolute Gasteiger partial charge is 0.183 e. The molecule has 0 amide bonds. The molecule has 0 saturated carbocycles. The van der Waals surface area contributed by atoms with Crippen molar-refractivity contribution in [2.75, 3.05) is 0 Å². The molecule has 2 aromatic heterocycles. The van der Waals surface area contributed by atoms with Crippen LogP contribution >= 0.6 is 23.2 Å². The lowest BCUT2D eigenvalue weighted by Crippen LogP contribution is -2.03. The molecule has 3 aromatic rings. The highest BCUT2D eigenvalue weighted by Crippen LogP contribution is 2.28. The maximum atomic E-state index is 12.2. The minimum atomic E-state index is -0.0126. The van der Waals surface area contributed by atoms with Gasteiger partial charge in [0.25, 0.3) is 0 Å². The molecule has 3 nitrogen and oxygen atoms in total. The highest BCUT2D eigenvalue weighted by molar-refractivity contribution is 6.38. The molecule has 20 heavy (non-hydrogen) atoms. The Labute approximate surface area is 125 Å².